The van der Waals surface area contributed by atoms with E-state index in [2.05, 4.69) is 6.92 Å². The van der Waals surface area contributed by atoms with Crippen molar-refractivity contribution in [2.45, 2.75) is 31.9 Å². The van der Waals surface area contributed by atoms with Gasteiger partial charge in [0.1, 0.15) is 0 Å². The van der Waals surface area contributed by atoms with Crippen molar-refractivity contribution in [3.05, 3.63) is 89.0 Å². The van der Waals surface area contributed by atoms with Crippen LogP contribution in [0.4, 0.5) is 13.2 Å². The molecule has 1 unspecified atom stereocenters. The van der Waals surface area contributed by atoms with Gasteiger partial charge in [-0.05, 0) is 35.2 Å². The minimum absolute atomic E-state index is 0.172. The first-order chi connectivity index (χ1) is 11.5. The molecule has 2 aromatic rings. The maximum atomic E-state index is 15.9. The van der Waals surface area contributed by atoms with E-state index in [0.717, 1.165) is 30.5 Å². The van der Waals surface area contributed by atoms with Crippen LogP contribution in [0.3, 0.4) is 0 Å². The average Bonchev–Trinajstić information content (AvgIpc) is 2.59. The third-order valence-corrected chi connectivity index (χ3v) is 4.41. The quantitative estimate of drug-likeness (QED) is 0.634. The number of halogens is 3. The molecule has 2 aromatic carbocycles. The molecule has 1 aliphatic carbocycles. The van der Waals surface area contributed by atoms with E-state index in [9.17, 15) is 8.78 Å². The molecule has 0 bridgehead atoms. The van der Waals surface area contributed by atoms with Gasteiger partial charge >= 0.3 is 0 Å². The molecule has 1 atom stereocenters. The van der Waals surface area contributed by atoms with E-state index in [1.807, 2.05) is 12.1 Å². The molecule has 0 heterocycles. The molecule has 3 rings (SSSR count). The van der Waals surface area contributed by atoms with Crippen LogP contribution >= 0.6 is 0 Å². The van der Waals surface area contributed by atoms with Gasteiger partial charge in [-0.3, -0.25) is 0 Å². The first-order valence-electron chi connectivity index (χ1n) is 8.15. The highest BCUT2D eigenvalue weighted by Gasteiger charge is 2.37. The summed E-state index contributed by atoms with van der Waals surface area (Å²) in [5.41, 5.74) is 0.659. The second-order valence-electron chi connectivity index (χ2n) is 6.09. The van der Waals surface area contributed by atoms with Gasteiger partial charge in [-0.1, -0.05) is 61.9 Å². The Kier molecular flexibility index (Phi) is 4.61. The zero-order valence-corrected chi connectivity index (χ0v) is 13.5. The van der Waals surface area contributed by atoms with Crippen LogP contribution in [0.2, 0.25) is 0 Å². The maximum Gasteiger partial charge on any atom is 0.165 e. The fourth-order valence-corrected chi connectivity index (χ4v) is 3.12. The number of rotatable bonds is 4. The summed E-state index contributed by atoms with van der Waals surface area (Å²) in [7, 11) is 0. The van der Waals surface area contributed by atoms with E-state index in [0.29, 0.717) is 16.7 Å². The monoisotopic (exact) mass is 328 g/mol. The molecular weight excluding hydrogens is 309 g/mol. The lowest BCUT2D eigenvalue weighted by Crippen LogP contribution is -2.23. The minimum atomic E-state index is -1.75. The lowest BCUT2D eigenvalue weighted by Gasteiger charge is -2.30. The van der Waals surface area contributed by atoms with Crippen LogP contribution in [-0.4, -0.2) is 0 Å². The van der Waals surface area contributed by atoms with Crippen molar-refractivity contribution >= 4 is 5.57 Å². The highest BCUT2D eigenvalue weighted by atomic mass is 19.2. The molecule has 0 fully saturated rings. The number of allylic oxidation sites excluding steroid dienone is 4. The zero-order valence-electron chi connectivity index (χ0n) is 13.5. The number of benzene rings is 2. The lowest BCUT2D eigenvalue weighted by molar-refractivity contribution is 0.249. The van der Waals surface area contributed by atoms with E-state index in [4.69, 9.17) is 0 Å². The second kappa shape index (κ2) is 6.68. The summed E-state index contributed by atoms with van der Waals surface area (Å²) in [6.45, 7) is 2.10. The van der Waals surface area contributed by atoms with E-state index >= 15 is 4.39 Å². The number of hydrogen-bond donors (Lipinski definition) is 0. The molecular formula is C21H19F3. The molecule has 24 heavy (non-hydrogen) atoms. The van der Waals surface area contributed by atoms with Crippen LogP contribution in [0.25, 0.3) is 5.57 Å². The maximum absolute atomic E-state index is 15.9. The Bertz CT molecular complexity index is 787. The highest BCUT2D eigenvalue weighted by Crippen LogP contribution is 2.45. The van der Waals surface area contributed by atoms with Gasteiger partial charge in [0.15, 0.2) is 17.3 Å². The molecule has 3 heteroatoms. The standard InChI is InChI=1S/C21H19F3/c1-2-5-15-7-10-17(11-8-15)21(24)13-4-3-6-18(21)16-9-12-19(22)20(23)14-16/h3-4,6-12,14H,2,5,13H2,1H3. The lowest BCUT2D eigenvalue weighted by atomic mass is 9.79. The third kappa shape index (κ3) is 3.03. The normalized spacial score (nSPS) is 20.1. The predicted octanol–water partition coefficient (Wildman–Crippen LogP) is 6.13. The van der Waals surface area contributed by atoms with Crippen molar-refractivity contribution in [3.63, 3.8) is 0 Å². The Hall–Kier alpha value is -2.29. The molecule has 0 saturated carbocycles. The van der Waals surface area contributed by atoms with Gasteiger partial charge in [-0.2, -0.15) is 0 Å². The zero-order chi connectivity index (χ0) is 17.2. The molecule has 1 aliphatic rings. The topological polar surface area (TPSA) is 0 Å². The Morgan fingerprint density at radius 2 is 1.75 bits per heavy atom. The van der Waals surface area contributed by atoms with Crippen LogP contribution in [0.1, 0.15) is 36.5 Å². The van der Waals surface area contributed by atoms with Crippen LogP contribution in [-0.2, 0) is 12.1 Å². The summed E-state index contributed by atoms with van der Waals surface area (Å²) in [4.78, 5) is 0. The van der Waals surface area contributed by atoms with Crippen molar-refractivity contribution in [1.82, 2.24) is 0 Å². The number of alkyl halides is 1. The van der Waals surface area contributed by atoms with Crippen molar-refractivity contribution in [1.29, 1.82) is 0 Å². The fraction of sp³-hybridized carbons (Fsp3) is 0.238. The van der Waals surface area contributed by atoms with Crippen LogP contribution in [0.15, 0.2) is 60.7 Å². The molecule has 0 aromatic heterocycles. The van der Waals surface area contributed by atoms with Gasteiger partial charge < -0.3 is 0 Å². The van der Waals surface area contributed by atoms with Crippen LogP contribution in [0, 0.1) is 11.6 Å². The minimum Gasteiger partial charge on any atom is -0.233 e. The van der Waals surface area contributed by atoms with Crippen molar-refractivity contribution in [2.24, 2.45) is 0 Å². The Morgan fingerprint density at radius 1 is 1.00 bits per heavy atom. The number of aryl methyl sites for hydroxylation is 1. The van der Waals surface area contributed by atoms with Gasteiger partial charge in [0.25, 0.3) is 0 Å². The van der Waals surface area contributed by atoms with E-state index in [-0.39, 0.29) is 6.42 Å². The van der Waals surface area contributed by atoms with Crippen molar-refractivity contribution < 1.29 is 13.2 Å². The summed E-state index contributed by atoms with van der Waals surface area (Å²) in [5, 5.41) is 0. The largest absolute Gasteiger partial charge is 0.233 e. The smallest absolute Gasteiger partial charge is 0.165 e. The molecule has 0 amide bonds. The molecule has 0 nitrogen and oxygen atoms in total. The first kappa shape index (κ1) is 16.6. The molecule has 0 aliphatic heterocycles. The molecule has 124 valence electrons. The SMILES string of the molecule is CCCc1ccc(C2(F)CC=CC=C2c2ccc(F)c(F)c2)cc1. The van der Waals surface area contributed by atoms with Crippen molar-refractivity contribution in [3.8, 4) is 0 Å². The molecule has 0 saturated heterocycles. The van der Waals surface area contributed by atoms with Gasteiger partial charge in [0, 0.05) is 12.0 Å². The highest BCUT2D eigenvalue weighted by molar-refractivity contribution is 5.76. The van der Waals surface area contributed by atoms with E-state index in [1.54, 1.807) is 30.4 Å². The average molecular weight is 328 g/mol. The summed E-state index contributed by atoms with van der Waals surface area (Å²) in [5.74, 6) is -1.90. The molecule has 0 radical (unpaired) electrons. The Balaban J connectivity index is 2.02. The van der Waals surface area contributed by atoms with Crippen LogP contribution < -0.4 is 0 Å². The van der Waals surface area contributed by atoms with E-state index < -0.39 is 17.3 Å². The van der Waals surface area contributed by atoms with E-state index in [1.165, 1.54) is 6.07 Å². The van der Waals surface area contributed by atoms with Crippen molar-refractivity contribution in [2.75, 3.05) is 0 Å². The third-order valence-electron chi connectivity index (χ3n) is 4.41. The summed E-state index contributed by atoms with van der Waals surface area (Å²) < 4.78 is 42.6. The van der Waals surface area contributed by atoms with Crippen LogP contribution in [0.5, 0.6) is 0 Å². The fourth-order valence-electron chi connectivity index (χ4n) is 3.12. The Morgan fingerprint density at radius 3 is 2.42 bits per heavy atom. The second-order valence-corrected chi connectivity index (χ2v) is 6.09. The van der Waals surface area contributed by atoms with Gasteiger partial charge in [0.2, 0.25) is 0 Å². The van der Waals surface area contributed by atoms with Gasteiger partial charge in [-0.25, -0.2) is 13.2 Å². The first-order valence-corrected chi connectivity index (χ1v) is 8.15. The molecule has 0 N–H and O–H groups in total. The summed E-state index contributed by atoms with van der Waals surface area (Å²) >= 11 is 0. The predicted molar refractivity (Wildman–Crippen MR) is 91.3 cm³/mol. The van der Waals surface area contributed by atoms with Gasteiger partial charge in [0.05, 0.1) is 0 Å². The van der Waals surface area contributed by atoms with Gasteiger partial charge in [-0.15, -0.1) is 0 Å². The Labute approximate surface area is 140 Å². The number of hydrogen-bond acceptors (Lipinski definition) is 0. The molecule has 0 spiro atoms. The summed E-state index contributed by atoms with van der Waals surface area (Å²) in [6, 6.07) is 11.0. The summed E-state index contributed by atoms with van der Waals surface area (Å²) in [6.07, 6.45) is 7.29.